The molecule has 1 aliphatic carbocycles. The monoisotopic (exact) mass is 334 g/mol. The highest BCUT2D eigenvalue weighted by Gasteiger charge is 2.18. The van der Waals surface area contributed by atoms with Gasteiger partial charge in [0.2, 0.25) is 5.91 Å². The average molecular weight is 334 g/mol. The van der Waals surface area contributed by atoms with Crippen LogP contribution in [0, 0.1) is 0 Å². The maximum Gasteiger partial charge on any atom is 0.234 e. The van der Waals surface area contributed by atoms with E-state index in [1.54, 1.807) is 14.2 Å². The van der Waals surface area contributed by atoms with Gasteiger partial charge in [0.1, 0.15) is 0 Å². The maximum absolute atomic E-state index is 12.2. The van der Waals surface area contributed by atoms with Gasteiger partial charge in [0.15, 0.2) is 11.5 Å². The van der Waals surface area contributed by atoms with E-state index in [1.807, 2.05) is 18.2 Å². The van der Waals surface area contributed by atoms with E-state index in [1.165, 1.54) is 38.5 Å². The predicted molar refractivity (Wildman–Crippen MR) is 95.5 cm³/mol. The zero-order chi connectivity index (χ0) is 17.4. The number of benzene rings is 1. The lowest BCUT2D eigenvalue weighted by molar-refractivity contribution is -0.122. The van der Waals surface area contributed by atoms with Crippen LogP contribution in [0.5, 0.6) is 11.5 Å². The van der Waals surface area contributed by atoms with Crippen LogP contribution in [0.25, 0.3) is 0 Å². The van der Waals surface area contributed by atoms with E-state index < -0.39 is 0 Å². The van der Waals surface area contributed by atoms with E-state index in [-0.39, 0.29) is 5.91 Å². The SMILES string of the molecule is COc1ccc(CNC(=O)CN(C)C2CCCCCC2)cc1OC. The molecule has 1 fully saturated rings. The highest BCUT2D eigenvalue weighted by Crippen LogP contribution is 2.27. The first kappa shape index (κ1) is 18.6. The molecule has 24 heavy (non-hydrogen) atoms. The van der Waals surface area contributed by atoms with Crippen molar-refractivity contribution in [3.8, 4) is 11.5 Å². The Kier molecular flexibility index (Phi) is 7.37. The fourth-order valence-corrected chi connectivity index (χ4v) is 3.30. The molecule has 1 N–H and O–H groups in total. The summed E-state index contributed by atoms with van der Waals surface area (Å²) in [6.45, 7) is 0.954. The Bertz CT molecular complexity index is 525. The smallest absolute Gasteiger partial charge is 0.234 e. The summed E-state index contributed by atoms with van der Waals surface area (Å²) in [6.07, 6.45) is 7.63. The zero-order valence-electron chi connectivity index (χ0n) is 15.1. The molecular weight excluding hydrogens is 304 g/mol. The molecular formula is C19H30N2O3. The van der Waals surface area contributed by atoms with Crippen LogP contribution >= 0.6 is 0 Å². The lowest BCUT2D eigenvalue weighted by Gasteiger charge is -2.26. The molecule has 0 atom stereocenters. The number of likely N-dealkylation sites (N-methyl/N-ethyl adjacent to an activating group) is 1. The summed E-state index contributed by atoms with van der Waals surface area (Å²) >= 11 is 0. The highest BCUT2D eigenvalue weighted by atomic mass is 16.5. The first-order chi connectivity index (χ1) is 11.6. The summed E-state index contributed by atoms with van der Waals surface area (Å²) < 4.78 is 10.5. The average Bonchev–Trinajstić information content (AvgIpc) is 2.89. The van der Waals surface area contributed by atoms with Crippen LogP contribution in [0.2, 0.25) is 0 Å². The summed E-state index contributed by atoms with van der Waals surface area (Å²) in [5, 5.41) is 3.00. The molecule has 0 bridgehead atoms. The molecule has 5 nitrogen and oxygen atoms in total. The standard InChI is InChI=1S/C19H30N2O3/c1-21(16-8-6-4-5-7-9-16)14-19(22)20-13-15-10-11-17(23-2)18(12-15)24-3/h10-12,16H,4-9,13-14H2,1-3H3,(H,20,22). The number of methoxy groups -OCH3 is 2. The van der Waals surface area contributed by atoms with Gasteiger partial charge in [-0.1, -0.05) is 31.7 Å². The van der Waals surface area contributed by atoms with Crippen molar-refractivity contribution in [2.45, 2.75) is 51.1 Å². The zero-order valence-corrected chi connectivity index (χ0v) is 15.1. The van der Waals surface area contributed by atoms with Crippen LogP contribution < -0.4 is 14.8 Å². The van der Waals surface area contributed by atoms with Crippen LogP contribution in [0.15, 0.2) is 18.2 Å². The van der Waals surface area contributed by atoms with Crippen LogP contribution in [0.3, 0.4) is 0 Å². The van der Waals surface area contributed by atoms with Gasteiger partial charge < -0.3 is 14.8 Å². The van der Waals surface area contributed by atoms with E-state index in [0.717, 1.165) is 5.56 Å². The Labute approximate surface area is 145 Å². The minimum absolute atomic E-state index is 0.0662. The molecule has 0 unspecified atom stereocenters. The fraction of sp³-hybridized carbons (Fsp3) is 0.632. The minimum Gasteiger partial charge on any atom is -0.493 e. The summed E-state index contributed by atoms with van der Waals surface area (Å²) in [4.78, 5) is 14.4. The Balaban J connectivity index is 1.82. The third-order valence-electron chi connectivity index (χ3n) is 4.78. The van der Waals surface area contributed by atoms with E-state index in [2.05, 4.69) is 17.3 Å². The van der Waals surface area contributed by atoms with Crippen molar-refractivity contribution in [2.75, 3.05) is 27.8 Å². The molecule has 1 aliphatic rings. The molecule has 5 heteroatoms. The summed E-state index contributed by atoms with van der Waals surface area (Å²) in [7, 11) is 5.29. The summed E-state index contributed by atoms with van der Waals surface area (Å²) in [5.41, 5.74) is 0.998. The number of amides is 1. The molecule has 134 valence electrons. The molecule has 0 aliphatic heterocycles. The number of ether oxygens (including phenoxy) is 2. The van der Waals surface area contributed by atoms with Gasteiger partial charge >= 0.3 is 0 Å². The number of hydrogen-bond donors (Lipinski definition) is 1. The van der Waals surface area contributed by atoms with Crippen LogP contribution in [0.4, 0.5) is 0 Å². The normalized spacial score (nSPS) is 15.8. The number of hydrogen-bond acceptors (Lipinski definition) is 4. The molecule has 0 saturated heterocycles. The van der Waals surface area contributed by atoms with Crippen molar-refractivity contribution in [3.05, 3.63) is 23.8 Å². The third-order valence-corrected chi connectivity index (χ3v) is 4.78. The highest BCUT2D eigenvalue weighted by molar-refractivity contribution is 5.78. The second-order valence-electron chi connectivity index (χ2n) is 6.53. The Morgan fingerprint density at radius 2 is 1.79 bits per heavy atom. The van der Waals surface area contributed by atoms with Gasteiger partial charge in [0.25, 0.3) is 0 Å². The van der Waals surface area contributed by atoms with Gasteiger partial charge in [-0.2, -0.15) is 0 Å². The first-order valence-electron chi connectivity index (χ1n) is 8.82. The molecule has 0 aromatic heterocycles. The molecule has 1 aromatic carbocycles. The Morgan fingerprint density at radius 3 is 2.42 bits per heavy atom. The van der Waals surface area contributed by atoms with E-state index in [4.69, 9.17) is 9.47 Å². The summed E-state index contributed by atoms with van der Waals surface area (Å²) in [5.74, 6) is 1.44. The lowest BCUT2D eigenvalue weighted by atomic mass is 10.1. The van der Waals surface area contributed by atoms with Gasteiger partial charge in [-0.15, -0.1) is 0 Å². The Morgan fingerprint density at radius 1 is 1.12 bits per heavy atom. The third kappa shape index (κ3) is 5.41. The molecule has 1 amide bonds. The molecule has 1 saturated carbocycles. The molecule has 0 heterocycles. The van der Waals surface area contributed by atoms with Gasteiger partial charge in [0.05, 0.1) is 20.8 Å². The topological polar surface area (TPSA) is 50.8 Å². The number of rotatable bonds is 7. The fourth-order valence-electron chi connectivity index (χ4n) is 3.30. The quantitative estimate of drug-likeness (QED) is 0.779. The van der Waals surface area contributed by atoms with Crippen LogP contribution in [-0.4, -0.2) is 44.7 Å². The van der Waals surface area contributed by atoms with Crippen LogP contribution in [0.1, 0.15) is 44.1 Å². The Hall–Kier alpha value is -1.75. The van der Waals surface area contributed by atoms with Crippen molar-refractivity contribution in [1.29, 1.82) is 0 Å². The number of carbonyl (C=O) groups is 1. The minimum atomic E-state index is 0.0662. The summed E-state index contributed by atoms with van der Waals surface area (Å²) in [6, 6.07) is 6.24. The van der Waals surface area contributed by atoms with E-state index in [9.17, 15) is 4.79 Å². The second kappa shape index (κ2) is 9.52. The number of carbonyl (C=O) groups excluding carboxylic acids is 1. The number of nitrogens with one attached hydrogen (secondary N) is 1. The second-order valence-corrected chi connectivity index (χ2v) is 6.53. The van der Waals surface area contributed by atoms with Gasteiger partial charge in [0, 0.05) is 12.6 Å². The number of nitrogens with zero attached hydrogens (tertiary/aromatic N) is 1. The maximum atomic E-state index is 12.2. The molecule has 2 rings (SSSR count). The van der Waals surface area contributed by atoms with Crippen molar-refractivity contribution in [2.24, 2.45) is 0 Å². The van der Waals surface area contributed by atoms with E-state index >= 15 is 0 Å². The molecule has 0 spiro atoms. The van der Waals surface area contributed by atoms with Crippen molar-refractivity contribution in [3.63, 3.8) is 0 Å². The van der Waals surface area contributed by atoms with Gasteiger partial charge in [-0.25, -0.2) is 0 Å². The van der Waals surface area contributed by atoms with E-state index in [0.29, 0.717) is 30.6 Å². The predicted octanol–water partition coefficient (Wildman–Crippen LogP) is 2.97. The van der Waals surface area contributed by atoms with Crippen LogP contribution in [-0.2, 0) is 11.3 Å². The first-order valence-corrected chi connectivity index (χ1v) is 8.82. The van der Waals surface area contributed by atoms with Gasteiger partial charge in [-0.3, -0.25) is 9.69 Å². The molecule has 0 radical (unpaired) electrons. The lowest BCUT2D eigenvalue weighted by Crippen LogP contribution is -2.40. The van der Waals surface area contributed by atoms with Crippen molar-refractivity contribution < 1.29 is 14.3 Å². The molecule has 1 aromatic rings. The van der Waals surface area contributed by atoms with Crippen molar-refractivity contribution >= 4 is 5.91 Å². The van der Waals surface area contributed by atoms with Gasteiger partial charge in [-0.05, 0) is 37.6 Å². The van der Waals surface area contributed by atoms with Crippen molar-refractivity contribution in [1.82, 2.24) is 10.2 Å². The largest absolute Gasteiger partial charge is 0.493 e.